The van der Waals surface area contributed by atoms with E-state index in [4.69, 9.17) is 0 Å². The van der Waals surface area contributed by atoms with E-state index in [9.17, 15) is 14.7 Å². The topological polar surface area (TPSA) is 60.9 Å². The number of rotatable bonds is 5. The van der Waals surface area contributed by atoms with Crippen molar-refractivity contribution in [2.75, 3.05) is 23.9 Å². The summed E-state index contributed by atoms with van der Waals surface area (Å²) in [6.45, 7) is 8.48. The highest BCUT2D eigenvalue weighted by molar-refractivity contribution is 6.51. The van der Waals surface area contributed by atoms with Gasteiger partial charge in [-0.1, -0.05) is 76.2 Å². The maximum absolute atomic E-state index is 13.4. The van der Waals surface area contributed by atoms with Crippen LogP contribution >= 0.6 is 0 Å². The van der Waals surface area contributed by atoms with Crippen LogP contribution in [-0.2, 0) is 21.4 Å². The molecule has 1 aliphatic heterocycles. The summed E-state index contributed by atoms with van der Waals surface area (Å²) < 4.78 is 0. The lowest BCUT2D eigenvalue weighted by Crippen LogP contribution is -2.29. The Morgan fingerprint density at radius 1 is 0.889 bits per heavy atom. The molecule has 0 radical (unpaired) electrons. The van der Waals surface area contributed by atoms with Crippen molar-refractivity contribution < 1.29 is 14.7 Å². The molecule has 0 aromatic heterocycles. The normalized spacial score (nSPS) is 17.5. The first kappa shape index (κ1) is 25.2. The standard InChI is InChI=1S/C31H34N2O3/c1-7-20-8-10-22(11-9-20)28(34)26-27(21-12-14-23(15-13-21)31(2,3)4)33(30(36)29(26)35)25-18-16-24(17-19-25)32(5)6/h8-19,27,34H,7H2,1-6H3/b28-26-. The summed E-state index contributed by atoms with van der Waals surface area (Å²) in [5, 5.41) is 11.3. The van der Waals surface area contributed by atoms with E-state index in [1.165, 1.54) is 4.90 Å². The van der Waals surface area contributed by atoms with Crippen LogP contribution in [0.4, 0.5) is 11.4 Å². The Balaban J connectivity index is 1.89. The first-order chi connectivity index (χ1) is 17.0. The van der Waals surface area contributed by atoms with Gasteiger partial charge >= 0.3 is 0 Å². The molecule has 36 heavy (non-hydrogen) atoms. The number of aliphatic hydroxyl groups excluding tert-OH is 1. The second-order valence-corrected chi connectivity index (χ2v) is 10.5. The molecule has 4 rings (SSSR count). The highest BCUT2D eigenvalue weighted by Crippen LogP contribution is 2.43. The van der Waals surface area contributed by atoms with Gasteiger partial charge in [0.25, 0.3) is 11.7 Å². The molecule has 1 amide bonds. The number of aliphatic hydroxyl groups is 1. The Morgan fingerprint density at radius 2 is 1.47 bits per heavy atom. The van der Waals surface area contributed by atoms with E-state index in [0.29, 0.717) is 11.3 Å². The highest BCUT2D eigenvalue weighted by Gasteiger charge is 2.47. The number of nitrogens with zero attached hydrogens (tertiary/aromatic N) is 2. The SMILES string of the molecule is CCc1ccc(/C(O)=C2/C(=O)C(=O)N(c3ccc(N(C)C)cc3)C2c2ccc(C(C)(C)C)cc2)cc1. The van der Waals surface area contributed by atoms with Gasteiger partial charge < -0.3 is 10.0 Å². The van der Waals surface area contributed by atoms with Crippen LogP contribution in [-0.4, -0.2) is 30.9 Å². The minimum Gasteiger partial charge on any atom is -0.507 e. The van der Waals surface area contributed by atoms with Crippen LogP contribution in [0.1, 0.15) is 56.0 Å². The smallest absolute Gasteiger partial charge is 0.300 e. The van der Waals surface area contributed by atoms with Crippen molar-refractivity contribution in [2.45, 2.75) is 45.6 Å². The Labute approximate surface area is 213 Å². The number of benzene rings is 3. The van der Waals surface area contributed by atoms with Gasteiger partial charge in [-0.3, -0.25) is 14.5 Å². The number of anilines is 2. The molecule has 1 aliphatic rings. The van der Waals surface area contributed by atoms with Gasteiger partial charge in [0.15, 0.2) is 0 Å². The molecule has 1 saturated heterocycles. The average molecular weight is 483 g/mol. The monoisotopic (exact) mass is 482 g/mol. The van der Waals surface area contributed by atoms with Gasteiger partial charge in [-0.15, -0.1) is 0 Å². The average Bonchev–Trinajstić information content (AvgIpc) is 3.13. The third-order valence-corrected chi connectivity index (χ3v) is 6.82. The number of carbonyl (C=O) groups is 2. The van der Waals surface area contributed by atoms with Gasteiger partial charge in [0.05, 0.1) is 11.6 Å². The van der Waals surface area contributed by atoms with Gasteiger partial charge in [0, 0.05) is 31.0 Å². The number of amides is 1. The summed E-state index contributed by atoms with van der Waals surface area (Å²) in [7, 11) is 3.89. The Kier molecular flexibility index (Phi) is 6.77. The lowest BCUT2D eigenvalue weighted by Gasteiger charge is -2.27. The van der Waals surface area contributed by atoms with E-state index >= 15 is 0 Å². The van der Waals surface area contributed by atoms with Crippen LogP contribution in [0.3, 0.4) is 0 Å². The van der Waals surface area contributed by atoms with E-state index in [-0.39, 0.29) is 16.7 Å². The summed E-state index contributed by atoms with van der Waals surface area (Å²) in [4.78, 5) is 30.3. The molecule has 1 N–H and O–H groups in total. The van der Waals surface area contributed by atoms with Crippen molar-refractivity contribution >= 4 is 28.8 Å². The van der Waals surface area contributed by atoms with Crippen LogP contribution in [0.15, 0.2) is 78.4 Å². The first-order valence-electron chi connectivity index (χ1n) is 12.3. The lowest BCUT2D eigenvalue weighted by molar-refractivity contribution is -0.132. The second-order valence-electron chi connectivity index (χ2n) is 10.5. The van der Waals surface area contributed by atoms with Crippen molar-refractivity contribution in [1.29, 1.82) is 0 Å². The fraction of sp³-hybridized carbons (Fsp3) is 0.290. The van der Waals surface area contributed by atoms with Crippen molar-refractivity contribution in [2.24, 2.45) is 0 Å². The fourth-order valence-electron chi connectivity index (χ4n) is 4.54. The molecular formula is C31H34N2O3. The molecule has 186 valence electrons. The van der Waals surface area contributed by atoms with Gasteiger partial charge in [-0.25, -0.2) is 0 Å². The fourth-order valence-corrected chi connectivity index (χ4v) is 4.54. The molecule has 0 saturated carbocycles. The number of hydrogen-bond acceptors (Lipinski definition) is 4. The summed E-state index contributed by atoms with van der Waals surface area (Å²) in [6, 6.07) is 22.2. The van der Waals surface area contributed by atoms with E-state index in [0.717, 1.165) is 28.8 Å². The molecule has 5 nitrogen and oxygen atoms in total. The molecule has 5 heteroatoms. The van der Waals surface area contributed by atoms with Gasteiger partial charge in [0.2, 0.25) is 0 Å². The first-order valence-corrected chi connectivity index (χ1v) is 12.3. The van der Waals surface area contributed by atoms with Crippen LogP contribution in [0.25, 0.3) is 5.76 Å². The molecule has 1 unspecified atom stereocenters. The van der Waals surface area contributed by atoms with E-state index in [2.05, 4.69) is 27.7 Å². The maximum Gasteiger partial charge on any atom is 0.300 e. The van der Waals surface area contributed by atoms with Crippen LogP contribution in [0.2, 0.25) is 0 Å². The summed E-state index contributed by atoms with van der Waals surface area (Å²) >= 11 is 0. The van der Waals surface area contributed by atoms with Crippen molar-refractivity contribution in [3.63, 3.8) is 0 Å². The molecule has 0 spiro atoms. The molecule has 0 aliphatic carbocycles. The predicted octanol–water partition coefficient (Wildman–Crippen LogP) is 6.24. The van der Waals surface area contributed by atoms with Crippen molar-refractivity contribution in [3.05, 3.63) is 101 Å². The van der Waals surface area contributed by atoms with Gasteiger partial charge in [-0.2, -0.15) is 0 Å². The largest absolute Gasteiger partial charge is 0.507 e. The van der Waals surface area contributed by atoms with Crippen molar-refractivity contribution in [1.82, 2.24) is 0 Å². The molecule has 1 fully saturated rings. The van der Waals surface area contributed by atoms with E-state index in [1.54, 1.807) is 12.1 Å². The third-order valence-electron chi connectivity index (χ3n) is 6.82. The molecule has 1 atom stereocenters. The van der Waals surface area contributed by atoms with Crippen LogP contribution in [0.5, 0.6) is 0 Å². The van der Waals surface area contributed by atoms with Crippen LogP contribution in [0, 0.1) is 0 Å². The third kappa shape index (κ3) is 4.66. The zero-order chi connectivity index (χ0) is 26.2. The van der Waals surface area contributed by atoms with E-state index in [1.807, 2.05) is 79.7 Å². The Bertz CT molecular complexity index is 1300. The Morgan fingerprint density at radius 3 is 1.97 bits per heavy atom. The summed E-state index contributed by atoms with van der Waals surface area (Å²) in [5.74, 6) is -1.49. The minimum atomic E-state index is -0.741. The maximum atomic E-state index is 13.4. The van der Waals surface area contributed by atoms with E-state index < -0.39 is 17.7 Å². The quantitative estimate of drug-likeness (QED) is 0.266. The number of hydrogen-bond donors (Lipinski definition) is 1. The van der Waals surface area contributed by atoms with Gasteiger partial charge in [0.1, 0.15) is 5.76 Å². The highest BCUT2D eigenvalue weighted by atomic mass is 16.3. The predicted molar refractivity (Wildman–Crippen MR) is 147 cm³/mol. The number of ketones is 1. The lowest BCUT2D eigenvalue weighted by atomic mass is 9.85. The number of Topliss-reactive ketones (excluding diaryl/α,β-unsaturated/α-hetero) is 1. The molecule has 3 aromatic rings. The van der Waals surface area contributed by atoms with Gasteiger partial charge in [-0.05, 0) is 52.8 Å². The summed E-state index contributed by atoms with van der Waals surface area (Å²) in [6.07, 6.45) is 0.870. The number of aryl methyl sites for hydroxylation is 1. The molecule has 0 bridgehead atoms. The molecule has 3 aromatic carbocycles. The van der Waals surface area contributed by atoms with Crippen LogP contribution < -0.4 is 9.80 Å². The molecule has 1 heterocycles. The number of carbonyl (C=O) groups excluding carboxylic acids is 2. The Hall–Kier alpha value is -3.86. The zero-order valence-corrected chi connectivity index (χ0v) is 21.9. The minimum absolute atomic E-state index is 0.0383. The summed E-state index contributed by atoms with van der Waals surface area (Å²) in [5.41, 5.74) is 5.21. The second kappa shape index (κ2) is 9.65. The van der Waals surface area contributed by atoms with Crippen molar-refractivity contribution in [3.8, 4) is 0 Å². The zero-order valence-electron chi connectivity index (χ0n) is 21.9. The molecular weight excluding hydrogens is 448 g/mol.